The fourth-order valence-electron chi connectivity index (χ4n) is 0.746. The molecule has 0 aromatic carbocycles. The van der Waals surface area contributed by atoms with Crippen LogP contribution in [0.2, 0.25) is 5.15 Å². The van der Waals surface area contributed by atoms with Crippen LogP contribution in [0.3, 0.4) is 0 Å². The van der Waals surface area contributed by atoms with Gasteiger partial charge in [-0.2, -0.15) is 5.10 Å². The molecule has 0 saturated carbocycles. The maximum atomic E-state index is 5.66. The second-order valence-corrected chi connectivity index (χ2v) is 2.14. The lowest BCUT2D eigenvalue weighted by Gasteiger charge is -1.89. The smallest absolute Gasteiger partial charge is 0.177 e. The van der Waals surface area contributed by atoms with Crippen LogP contribution in [0.25, 0.3) is 5.52 Å². The van der Waals surface area contributed by atoms with Gasteiger partial charge in [-0.05, 0) is 6.07 Å². The second kappa shape index (κ2) is 1.91. The van der Waals surface area contributed by atoms with Gasteiger partial charge in [-0.15, -0.1) is 10.2 Å². The predicted molar refractivity (Wildman–Crippen MR) is 35.8 cm³/mol. The molecule has 0 unspecified atom stereocenters. The van der Waals surface area contributed by atoms with Gasteiger partial charge in [0, 0.05) is 0 Å². The summed E-state index contributed by atoms with van der Waals surface area (Å²) >= 11 is 5.66. The van der Waals surface area contributed by atoms with Crippen molar-refractivity contribution in [3.8, 4) is 0 Å². The summed E-state index contributed by atoms with van der Waals surface area (Å²) < 4.78 is 1.56. The van der Waals surface area contributed by atoms with E-state index in [0.29, 0.717) is 5.15 Å². The summed E-state index contributed by atoms with van der Waals surface area (Å²) in [6.07, 6.45) is 3.14. The maximum absolute atomic E-state index is 5.66. The van der Waals surface area contributed by atoms with Gasteiger partial charge in [-0.1, -0.05) is 11.6 Å². The highest BCUT2D eigenvalue weighted by atomic mass is 35.5. The topological polar surface area (TPSA) is 43.1 Å². The molecule has 4 nitrogen and oxygen atoms in total. The molecule has 0 aliphatic heterocycles. The maximum Gasteiger partial charge on any atom is 0.177 e. The lowest BCUT2D eigenvalue weighted by atomic mass is 10.6. The Morgan fingerprint density at radius 1 is 1.50 bits per heavy atom. The Hall–Kier alpha value is -1.16. The molecule has 0 atom stereocenters. The van der Waals surface area contributed by atoms with Crippen molar-refractivity contribution >= 4 is 17.1 Å². The molecule has 0 aliphatic rings. The van der Waals surface area contributed by atoms with Crippen molar-refractivity contribution in [1.82, 2.24) is 19.8 Å². The summed E-state index contributed by atoms with van der Waals surface area (Å²) in [7, 11) is 0. The van der Waals surface area contributed by atoms with Crippen molar-refractivity contribution in [2.24, 2.45) is 0 Å². The van der Waals surface area contributed by atoms with Crippen LogP contribution in [-0.4, -0.2) is 19.8 Å². The minimum Gasteiger partial charge on any atom is -0.217 e. The first-order chi connectivity index (χ1) is 4.88. The van der Waals surface area contributed by atoms with E-state index < -0.39 is 0 Å². The minimum atomic E-state index is 0.375. The van der Waals surface area contributed by atoms with Crippen molar-refractivity contribution in [2.75, 3.05) is 0 Å². The number of hydrogen-bond acceptors (Lipinski definition) is 3. The summed E-state index contributed by atoms with van der Waals surface area (Å²) in [5.74, 6) is 0. The predicted octanol–water partition coefficient (Wildman–Crippen LogP) is 0.778. The third kappa shape index (κ3) is 0.657. The van der Waals surface area contributed by atoms with Gasteiger partial charge in [0.2, 0.25) is 0 Å². The fraction of sp³-hybridized carbons (Fsp3) is 0. The van der Waals surface area contributed by atoms with Crippen LogP contribution in [0.5, 0.6) is 0 Å². The van der Waals surface area contributed by atoms with Crippen LogP contribution in [0.1, 0.15) is 0 Å². The second-order valence-electron chi connectivity index (χ2n) is 1.78. The van der Waals surface area contributed by atoms with E-state index in [1.807, 2.05) is 0 Å². The van der Waals surface area contributed by atoms with E-state index in [1.165, 1.54) is 6.33 Å². The highest BCUT2D eigenvalue weighted by Crippen LogP contribution is 2.09. The average molecular weight is 155 g/mol. The van der Waals surface area contributed by atoms with Gasteiger partial charge in [0.05, 0.1) is 6.20 Å². The molecule has 0 N–H and O–H groups in total. The monoisotopic (exact) mass is 154 g/mol. The zero-order valence-corrected chi connectivity index (χ0v) is 5.65. The quantitative estimate of drug-likeness (QED) is 0.563. The Labute approximate surface area is 61.4 Å². The molecule has 0 spiro atoms. The molecule has 0 aliphatic carbocycles. The van der Waals surface area contributed by atoms with Crippen LogP contribution in [0.15, 0.2) is 18.6 Å². The molecule has 2 aromatic heterocycles. The van der Waals surface area contributed by atoms with Crippen LogP contribution in [0, 0.1) is 0 Å². The number of fused-ring (bicyclic) bond motifs is 1. The molecule has 2 rings (SSSR count). The molecule has 0 saturated heterocycles. The van der Waals surface area contributed by atoms with Gasteiger partial charge in [0.15, 0.2) is 5.15 Å². The largest absolute Gasteiger partial charge is 0.217 e. The van der Waals surface area contributed by atoms with E-state index >= 15 is 0 Å². The zero-order chi connectivity index (χ0) is 6.97. The van der Waals surface area contributed by atoms with Crippen molar-refractivity contribution in [3.05, 3.63) is 23.7 Å². The van der Waals surface area contributed by atoms with Gasteiger partial charge < -0.3 is 0 Å². The van der Waals surface area contributed by atoms with Crippen LogP contribution in [-0.2, 0) is 0 Å². The van der Waals surface area contributed by atoms with E-state index in [9.17, 15) is 0 Å². The lowest BCUT2D eigenvalue weighted by molar-refractivity contribution is 0.864. The number of aromatic nitrogens is 4. The first kappa shape index (κ1) is 5.61. The molecule has 2 heterocycles. The standard InChI is InChI=1S/C5H3ClN4/c6-5-4-1-2-8-10(4)3-7-9-5/h1-3H. The number of rotatable bonds is 0. The molecule has 0 bridgehead atoms. The van der Waals surface area contributed by atoms with Crippen molar-refractivity contribution in [2.45, 2.75) is 0 Å². The summed E-state index contributed by atoms with van der Waals surface area (Å²) in [6.45, 7) is 0. The summed E-state index contributed by atoms with van der Waals surface area (Å²) in [4.78, 5) is 0. The Kier molecular flexibility index (Phi) is 1.07. The van der Waals surface area contributed by atoms with Gasteiger partial charge >= 0.3 is 0 Å². The highest BCUT2D eigenvalue weighted by molar-refractivity contribution is 6.32. The summed E-state index contributed by atoms with van der Waals surface area (Å²) in [6, 6.07) is 1.77. The Morgan fingerprint density at radius 3 is 3.20 bits per heavy atom. The molecule has 0 fully saturated rings. The van der Waals surface area contributed by atoms with E-state index in [4.69, 9.17) is 11.6 Å². The SMILES string of the molecule is Clc1nncn2nccc12. The third-order valence-electron chi connectivity index (χ3n) is 1.19. The lowest BCUT2D eigenvalue weighted by Crippen LogP contribution is -1.91. The number of halogens is 1. The number of hydrogen-bond donors (Lipinski definition) is 0. The van der Waals surface area contributed by atoms with Crippen molar-refractivity contribution in [1.29, 1.82) is 0 Å². The fourth-order valence-corrected chi connectivity index (χ4v) is 0.940. The van der Waals surface area contributed by atoms with E-state index in [0.717, 1.165) is 5.52 Å². The highest BCUT2D eigenvalue weighted by Gasteiger charge is 1.98. The van der Waals surface area contributed by atoms with Gasteiger partial charge in [0.1, 0.15) is 11.8 Å². The Balaban J connectivity index is 2.95. The molecular weight excluding hydrogens is 152 g/mol. The van der Waals surface area contributed by atoms with Crippen LogP contribution < -0.4 is 0 Å². The van der Waals surface area contributed by atoms with Crippen LogP contribution >= 0.6 is 11.6 Å². The normalized spacial score (nSPS) is 10.5. The Bertz CT molecular complexity index is 355. The zero-order valence-electron chi connectivity index (χ0n) is 4.90. The van der Waals surface area contributed by atoms with E-state index in [-0.39, 0.29) is 0 Å². The van der Waals surface area contributed by atoms with Gasteiger partial charge in [-0.3, -0.25) is 0 Å². The first-order valence-corrected chi connectivity index (χ1v) is 3.06. The van der Waals surface area contributed by atoms with Gasteiger partial charge in [0.25, 0.3) is 0 Å². The summed E-state index contributed by atoms with van der Waals surface area (Å²) in [5, 5.41) is 11.5. The van der Waals surface area contributed by atoms with E-state index in [2.05, 4.69) is 15.3 Å². The summed E-state index contributed by atoms with van der Waals surface area (Å²) in [5.41, 5.74) is 0.775. The van der Waals surface area contributed by atoms with Gasteiger partial charge in [-0.25, -0.2) is 4.52 Å². The molecule has 50 valence electrons. The molecule has 2 aromatic rings. The molecule has 5 heteroatoms. The molecule has 10 heavy (non-hydrogen) atoms. The van der Waals surface area contributed by atoms with Crippen molar-refractivity contribution in [3.63, 3.8) is 0 Å². The molecular formula is C5H3ClN4. The third-order valence-corrected chi connectivity index (χ3v) is 1.46. The molecule has 0 amide bonds. The Morgan fingerprint density at radius 2 is 2.40 bits per heavy atom. The number of nitrogens with zero attached hydrogens (tertiary/aromatic N) is 4. The minimum absolute atomic E-state index is 0.375. The molecule has 0 radical (unpaired) electrons. The first-order valence-electron chi connectivity index (χ1n) is 2.68. The average Bonchev–Trinajstić information content (AvgIpc) is 2.36. The van der Waals surface area contributed by atoms with E-state index in [1.54, 1.807) is 16.8 Å². The van der Waals surface area contributed by atoms with Crippen LogP contribution in [0.4, 0.5) is 0 Å². The van der Waals surface area contributed by atoms with Crippen molar-refractivity contribution < 1.29 is 0 Å².